The van der Waals surface area contributed by atoms with Crippen LogP contribution < -0.4 is 5.32 Å². The lowest BCUT2D eigenvalue weighted by molar-refractivity contribution is 0.200. The number of hydrogen-bond acceptors (Lipinski definition) is 3. The molecule has 0 aliphatic carbocycles. The van der Waals surface area contributed by atoms with Gasteiger partial charge in [0.25, 0.3) is 0 Å². The van der Waals surface area contributed by atoms with E-state index >= 15 is 0 Å². The third-order valence-corrected chi connectivity index (χ3v) is 3.56. The van der Waals surface area contributed by atoms with Gasteiger partial charge in [-0.05, 0) is 60.4 Å². The van der Waals surface area contributed by atoms with Crippen molar-refractivity contribution in [3.8, 4) is 0 Å². The minimum absolute atomic E-state index is 0.636. The van der Waals surface area contributed by atoms with Gasteiger partial charge in [0.2, 0.25) is 0 Å². The fourth-order valence-corrected chi connectivity index (χ4v) is 2.32. The van der Waals surface area contributed by atoms with Gasteiger partial charge in [-0.1, -0.05) is 20.3 Å². The van der Waals surface area contributed by atoms with E-state index in [0.29, 0.717) is 12.1 Å². The van der Waals surface area contributed by atoms with Crippen LogP contribution in [0.4, 0.5) is 0 Å². The molecule has 2 atom stereocenters. The summed E-state index contributed by atoms with van der Waals surface area (Å²) in [7, 11) is 4.29. The van der Waals surface area contributed by atoms with Gasteiger partial charge in [-0.2, -0.15) is 0 Å². The van der Waals surface area contributed by atoms with Crippen LogP contribution in [0.2, 0.25) is 0 Å². The van der Waals surface area contributed by atoms with Crippen molar-refractivity contribution in [1.82, 2.24) is 15.1 Å². The number of hydrogen-bond donors (Lipinski definition) is 1. The fraction of sp³-hybridized carbons (Fsp3) is 1.00. The summed E-state index contributed by atoms with van der Waals surface area (Å²) >= 11 is 0. The molecule has 0 bridgehead atoms. The van der Waals surface area contributed by atoms with E-state index in [2.05, 4.69) is 56.9 Å². The summed E-state index contributed by atoms with van der Waals surface area (Å²) in [5.41, 5.74) is 0. The largest absolute Gasteiger partial charge is 0.313 e. The first-order valence-electron chi connectivity index (χ1n) is 7.63. The second-order valence-corrected chi connectivity index (χ2v) is 5.73. The summed E-state index contributed by atoms with van der Waals surface area (Å²) in [5.74, 6) is 0. The molecule has 0 radical (unpaired) electrons. The highest BCUT2D eigenvalue weighted by Gasteiger charge is 2.12. The number of likely N-dealkylation sites (N-methyl/N-ethyl adjacent to an activating group) is 1. The van der Waals surface area contributed by atoms with E-state index in [9.17, 15) is 0 Å². The van der Waals surface area contributed by atoms with E-state index in [0.717, 1.165) is 13.1 Å². The Kier molecular flexibility index (Phi) is 10.7. The van der Waals surface area contributed by atoms with Crippen molar-refractivity contribution >= 4 is 0 Å². The van der Waals surface area contributed by atoms with Crippen LogP contribution in [-0.2, 0) is 0 Å². The number of nitrogens with zero attached hydrogens (tertiary/aromatic N) is 2. The summed E-state index contributed by atoms with van der Waals surface area (Å²) in [6.45, 7) is 13.8. The van der Waals surface area contributed by atoms with E-state index in [4.69, 9.17) is 0 Å². The molecule has 3 nitrogen and oxygen atoms in total. The van der Waals surface area contributed by atoms with E-state index < -0.39 is 0 Å². The zero-order chi connectivity index (χ0) is 14.0. The molecule has 0 saturated carbocycles. The molecule has 110 valence electrons. The van der Waals surface area contributed by atoms with Crippen LogP contribution >= 0.6 is 0 Å². The standard InChI is InChI=1S/C15H35N3/c1-7-10-14(3)16-13-15(4)18(8-2)12-9-11-17(5)6/h14-16H,7-13H2,1-6H3. The van der Waals surface area contributed by atoms with Crippen molar-refractivity contribution in [3.05, 3.63) is 0 Å². The molecule has 0 fully saturated rings. The average molecular weight is 257 g/mol. The molecule has 0 aliphatic heterocycles. The Bertz CT molecular complexity index is 183. The molecule has 0 aromatic rings. The van der Waals surface area contributed by atoms with Gasteiger partial charge in [0.15, 0.2) is 0 Å². The van der Waals surface area contributed by atoms with E-state index in [1.54, 1.807) is 0 Å². The SMILES string of the molecule is CCCC(C)NCC(C)N(CC)CCCN(C)C. The molecule has 0 amide bonds. The second kappa shape index (κ2) is 10.8. The summed E-state index contributed by atoms with van der Waals surface area (Å²) in [6, 6.07) is 1.29. The smallest absolute Gasteiger partial charge is 0.0192 e. The normalized spacial score (nSPS) is 15.3. The van der Waals surface area contributed by atoms with Gasteiger partial charge in [-0.3, -0.25) is 4.90 Å². The Morgan fingerprint density at radius 3 is 2.22 bits per heavy atom. The highest BCUT2D eigenvalue weighted by atomic mass is 15.2. The van der Waals surface area contributed by atoms with Crippen LogP contribution in [0.15, 0.2) is 0 Å². The molecule has 3 heteroatoms. The predicted octanol–water partition coefficient (Wildman–Crippen LogP) is 2.43. The third-order valence-electron chi connectivity index (χ3n) is 3.56. The molecule has 2 unspecified atom stereocenters. The molecule has 1 N–H and O–H groups in total. The van der Waals surface area contributed by atoms with Gasteiger partial charge in [0.1, 0.15) is 0 Å². The zero-order valence-electron chi connectivity index (χ0n) is 13.5. The van der Waals surface area contributed by atoms with Gasteiger partial charge in [0.05, 0.1) is 0 Å². The Balaban J connectivity index is 3.84. The topological polar surface area (TPSA) is 18.5 Å². The summed E-state index contributed by atoms with van der Waals surface area (Å²) in [6.07, 6.45) is 3.80. The molecular weight excluding hydrogens is 222 g/mol. The van der Waals surface area contributed by atoms with Crippen LogP contribution in [0, 0.1) is 0 Å². The first kappa shape index (κ1) is 17.9. The Morgan fingerprint density at radius 2 is 1.72 bits per heavy atom. The van der Waals surface area contributed by atoms with E-state index in [-0.39, 0.29) is 0 Å². The zero-order valence-corrected chi connectivity index (χ0v) is 13.5. The van der Waals surface area contributed by atoms with Gasteiger partial charge < -0.3 is 10.2 Å². The molecule has 0 heterocycles. The first-order valence-corrected chi connectivity index (χ1v) is 7.63. The maximum Gasteiger partial charge on any atom is 0.0192 e. The highest BCUT2D eigenvalue weighted by Crippen LogP contribution is 2.02. The van der Waals surface area contributed by atoms with Gasteiger partial charge in [0, 0.05) is 18.6 Å². The van der Waals surface area contributed by atoms with Crippen LogP contribution in [-0.4, -0.2) is 62.2 Å². The molecule has 0 saturated heterocycles. The minimum Gasteiger partial charge on any atom is -0.313 e. The van der Waals surface area contributed by atoms with Crippen molar-refractivity contribution in [2.24, 2.45) is 0 Å². The van der Waals surface area contributed by atoms with Crippen molar-refractivity contribution in [1.29, 1.82) is 0 Å². The predicted molar refractivity (Wildman–Crippen MR) is 82.3 cm³/mol. The van der Waals surface area contributed by atoms with Crippen molar-refractivity contribution in [3.63, 3.8) is 0 Å². The monoisotopic (exact) mass is 257 g/mol. The summed E-state index contributed by atoms with van der Waals surface area (Å²) < 4.78 is 0. The third kappa shape index (κ3) is 8.90. The van der Waals surface area contributed by atoms with E-state index in [1.807, 2.05) is 0 Å². The first-order chi connectivity index (χ1) is 8.51. The number of rotatable bonds is 11. The molecule has 0 aliphatic rings. The van der Waals surface area contributed by atoms with Crippen LogP contribution in [0.25, 0.3) is 0 Å². The summed E-state index contributed by atoms with van der Waals surface area (Å²) in [5, 5.41) is 3.65. The quantitative estimate of drug-likeness (QED) is 0.613. The van der Waals surface area contributed by atoms with Gasteiger partial charge in [-0.15, -0.1) is 0 Å². The van der Waals surface area contributed by atoms with Crippen LogP contribution in [0.5, 0.6) is 0 Å². The average Bonchev–Trinajstić information content (AvgIpc) is 2.31. The molecular formula is C15H35N3. The number of nitrogens with one attached hydrogen (secondary N) is 1. The molecule has 0 rings (SSSR count). The van der Waals surface area contributed by atoms with Crippen molar-refractivity contribution < 1.29 is 0 Å². The van der Waals surface area contributed by atoms with Crippen molar-refractivity contribution in [2.75, 3.05) is 40.3 Å². The Hall–Kier alpha value is -0.120. The van der Waals surface area contributed by atoms with E-state index in [1.165, 1.54) is 32.4 Å². The molecule has 0 aromatic heterocycles. The lowest BCUT2D eigenvalue weighted by Crippen LogP contribution is -2.43. The van der Waals surface area contributed by atoms with Gasteiger partial charge in [-0.25, -0.2) is 0 Å². The van der Waals surface area contributed by atoms with Crippen molar-refractivity contribution in [2.45, 2.75) is 59.0 Å². The summed E-state index contributed by atoms with van der Waals surface area (Å²) in [4.78, 5) is 4.84. The molecule has 18 heavy (non-hydrogen) atoms. The highest BCUT2D eigenvalue weighted by molar-refractivity contribution is 4.71. The molecule has 0 spiro atoms. The fourth-order valence-electron chi connectivity index (χ4n) is 2.32. The Morgan fingerprint density at radius 1 is 1.06 bits per heavy atom. The maximum absolute atomic E-state index is 3.65. The second-order valence-electron chi connectivity index (χ2n) is 5.73. The lowest BCUT2D eigenvalue weighted by Gasteiger charge is -2.29. The molecule has 0 aromatic carbocycles. The van der Waals surface area contributed by atoms with Crippen LogP contribution in [0.1, 0.15) is 47.0 Å². The Labute approximate surface area is 115 Å². The minimum atomic E-state index is 0.636. The van der Waals surface area contributed by atoms with Gasteiger partial charge >= 0.3 is 0 Å². The maximum atomic E-state index is 3.65. The lowest BCUT2D eigenvalue weighted by atomic mass is 10.2. The van der Waals surface area contributed by atoms with Crippen LogP contribution in [0.3, 0.4) is 0 Å².